The molecular formula is C14H21N5S. The van der Waals surface area contributed by atoms with Gasteiger partial charge in [-0.05, 0) is 12.8 Å². The van der Waals surface area contributed by atoms with Gasteiger partial charge in [-0.15, -0.1) is 11.3 Å². The first-order chi connectivity index (χ1) is 9.85. The molecule has 2 heterocycles. The summed E-state index contributed by atoms with van der Waals surface area (Å²) >= 11 is 1.65. The van der Waals surface area contributed by atoms with Crippen molar-refractivity contribution in [2.45, 2.75) is 39.7 Å². The highest BCUT2D eigenvalue weighted by Gasteiger charge is 2.10. The third-order valence-electron chi connectivity index (χ3n) is 2.88. The molecule has 0 bridgehead atoms. The van der Waals surface area contributed by atoms with Crippen molar-refractivity contribution in [2.75, 3.05) is 17.2 Å². The van der Waals surface area contributed by atoms with Crippen molar-refractivity contribution in [3.63, 3.8) is 0 Å². The molecule has 0 saturated carbocycles. The Kier molecular flexibility index (Phi) is 5.73. The molecule has 2 rings (SSSR count). The topological polar surface area (TPSA) is 62.7 Å². The minimum absolute atomic E-state index is 0.707. The molecule has 0 amide bonds. The highest BCUT2D eigenvalue weighted by atomic mass is 32.1. The number of hydrogen-bond acceptors (Lipinski definition) is 6. The van der Waals surface area contributed by atoms with Crippen LogP contribution in [0.1, 0.15) is 37.3 Å². The Morgan fingerprint density at radius 1 is 1.05 bits per heavy atom. The van der Waals surface area contributed by atoms with E-state index in [1.807, 2.05) is 11.6 Å². The predicted molar refractivity (Wildman–Crippen MR) is 84.2 cm³/mol. The molecule has 0 aliphatic rings. The van der Waals surface area contributed by atoms with Gasteiger partial charge in [-0.25, -0.2) is 15.0 Å². The molecule has 0 unspecified atom stereocenters. The molecule has 2 aromatic rings. The first-order valence-electron chi connectivity index (χ1n) is 7.05. The number of nitrogens with zero attached hydrogens (tertiary/aromatic N) is 3. The van der Waals surface area contributed by atoms with E-state index in [0.29, 0.717) is 6.54 Å². The maximum atomic E-state index is 4.38. The van der Waals surface area contributed by atoms with Crippen LogP contribution in [0.5, 0.6) is 0 Å². The number of rotatable bonds is 8. The average molecular weight is 291 g/mol. The molecule has 2 aromatic heterocycles. The zero-order valence-electron chi connectivity index (χ0n) is 12.0. The number of aromatic nitrogens is 3. The Bertz CT molecular complexity index is 512. The van der Waals surface area contributed by atoms with Crippen LogP contribution in [0.3, 0.4) is 0 Å². The van der Waals surface area contributed by atoms with E-state index in [4.69, 9.17) is 0 Å². The maximum absolute atomic E-state index is 4.38. The Morgan fingerprint density at radius 3 is 2.50 bits per heavy atom. The summed E-state index contributed by atoms with van der Waals surface area (Å²) in [6.07, 6.45) is 6.55. The highest BCUT2D eigenvalue weighted by Crippen LogP contribution is 2.22. The number of nitrogens with one attached hydrogen (secondary N) is 2. The van der Waals surface area contributed by atoms with Crippen LogP contribution in [0.25, 0.3) is 0 Å². The zero-order valence-corrected chi connectivity index (χ0v) is 12.8. The average Bonchev–Trinajstić information content (AvgIpc) is 2.98. The Labute approximate surface area is 123 Å². The van der Waals surface area contributed by atoms with Crippen LogP contribution in [0.15, 0.2) is 17.9 Å². The van der Waals surface area contributed by atoms with Crippen LogP contribution in [-0.2, 0) is 13.0 Å². The fourth-order valence-corrected chi connectivity index (χ4v) is 2.50. The van der Waals surface area contributed by atoms with E-state index in [9.17, 15) is 0 Å². The number of thiazole rings is 1. The monoisotopic (exact) mass is 291 g/mol. The highest BCUT2D eigenvalue weighted by molar-refractivity contribution is 7.09. The zero-order chi connectivity index (χ0) is 14.2. The summed E-state index contributed by atoms with van der Waals surface area (Å²) in [5, 5.41) is 9.80. The minimum Gasteiger partial charge on any atom is -0.370 e. The minimum atomic E-state index is 0.707. The quantitative estimate of drug-likeness (QED) is 0.781. The predicted octanol–water partition coefficient (Wildman–Crippen LogP) is 3.32. The molecule has 0 radical (unpaired) electrons. The van der Waals surface area contributed by atoms with E-state index in [1.54, 1.807) is 17.7 Å². The fourth-order valence-electron chi connectivity index (χ4n) is 1.95. The van der Waals surface area contributed by atoms with Crippen molar-refractivity contribution >= 4 is 23.0 Å². The van der Waals surface area contributed by atoms with Gasteiger partial charge in [-0.2, -0.15) is 0 Å². The maximum Gasteiger partial charge on any atom is 0.135 e. The Balaban J connectivity index is 2.13. The van der Waals surface area contributed by atoms with Gasteiger partial charge in [0.1, 0.15) is 23.0 Å². The second-order valence-electron chi connectivity index (χ2n) is 4.51. The van der Waals surface area contributed by atoms with Crippen LogP contribution >= 0.6 is 11.3 Å². The summed E-state index contributed by atoms with van der Waals surface area (Å²) < 4.78 is 0. The Hall–Kier alpha value is -1.69. The third-order valence-corrected chi connectivity index (χ3v) is 3.66. The van der Waals surface area contributed by atoms with Crippen molar-refractivity contribution in [1.82, 2.24) is 15.0 Å². The molecule has 5 nitrogen and oxygen atoms in total. The van der Waals surface area contributed by atoms with Crippen molar-refractivity contribution in [2.24, 2.45) is 0 Å². The van der Waals surface area contributed by atoms with Gasteiger partial charge in [0.15, 0.2) is 0 Å². The summed E-state index contributed by atoms with van der Waals surface area (Å²) in [5.74, 6) is 1.86. The van der Waals surface area contributed by atoms with Crippen molar-refractivity contribution < 1.29 is 0 Å². The van der Waals surface area contributed by atoms with E-state index < -0.39 is 0 Å². The van der Waals surface area contributed by atoms with Crippen LogP contribution < -0.4 is 10.6 Å². The second-order valence-corrected chi connectivity index (χ2v) is 5.48. The van der Waals surface area contributed by atoms with E-state index in [1.165, 1.54) is 5.56 Å². The van der Waals surface area contributed by atoms with Gasteiger partial charge in [0.05, 0.1) is 6.54 Å². The first kappa shape index (κ1) is 14.7. The molecule has 0 spiro atoms. The van der Waals surface area contributed by atoms with Gasteiger partial charge in [0.25, 0.3) is 0 Å². The standard InChI is InChI=1S/C14H21N5S/c1-3-5-11-13(16-6-4-2)18-10-19-14(11)17-9-12-15-7-8-20-12/h7-8,10H,3-6,9H2,1-2H3,(H2,16,17,18,19). The molecule has 6 heteroatoms. The van der Waals surface area contributed by atoms with E-state index >= 15 is 0 Å². The van der Waals surface area contributed by atoms with Crippen LogP contribution in [0.2, 0.25) is 0 Å². The van der Waals surface area contributed by atoms with Gasteiger partial charge in [0, 0.05) is 23.7 Å². The van der Waals surface area contributed by atoms with Crippen molar-refractivity contribution in [3.8, 4) is 0 Å². The van der Waals surface area contributed by atoms with Gasteiger partial charge < -0.3 is 10.6 Å². The first-order valence-corrected chi connectivity index (χ1v) is 7.93. The summed E-state index contributed by atoms with van der Waals surface area (Å²) in [5.41, 5.74) is 1.17. The fraction of sp³-hybridized carbons (Fsp3) is 0.500. The van der Waals surface area contributed by atoms with Gasteiger partial charge >= 0.3 is 0 Å². The molecule has 2 N–H and O–H groups in total. The normalized spacial score (nSPS) is 10.5. The van der Waals surface area contributed by atoms with Gasteiger partial charge in [-0.3, -0.25) is 0 Å². The van der Waals surface area contributed by atoms with E-state index in [0.717, 1.165) is 42.5 Å². The molecule has 0 saturated heterocycles. The van der Waals surface area contributed by atoms with Crippen LogP contribution in [0.4, 0.5) is 11.6 Å². The van der Waals surface area contributed by atoms with E-state index in [2.05, 4.69) is 39.4 Å². The lowest BCUT2D eigenvalue weighted by Gasteiger charge is -2.14. The molecule has 108 valence electrons. The molecular weight excluding hydrogens is 270 g/mol. The lowest BCUT2D eigenvalue weighted by Crippen LogP contribution is -2.10. The van der Waals surface area contributed by atoms with Gasteiger partial charge in [0.2, 0.25) is 0 Å². The second kappa shape index (κ2) is 7.79. The molecule has 0 aliphatic heterocycles. The van der Waals surface area contributed by atoms with E-state index in [-0.39, 0.29) is 0 Å². The largest absolute Gasteiger partial charge is 0.370 e. The molecule has 0 atom stereocenters. The molecule has 0 aromatic carbocycles. The summed E-state index contributed by atoms with van der Waals surface area (Å²) in [6, 6.07) is 0. The van der Waals surface area contributed by atoms with Crippen molar-refractivity contribution in [1.29, 1.82) is 0 Å². The van der Waals surface area contributed by atoms with Crippen LogP contribution in [0, 0.1) is 0 Å². The van der Waals surface area contributed by atoms with Gasteiger partial charge in [-0.1, -0.05) is 20.3 Å². The lowest BCUT2D eigenvalue weighted by atomic mass is 10.1. The number of anilines is 2. The lowest BCUT2D eigenvalue weighted by molar-refractivity contribution is 0.885. The molecule has 0 aliphatic carbocycles. The number of hydrogen-bond donors (Lipinski definition) is 2. The Morgan fingerprint density at radius 2 is 1.85 bits per heavy atom. The summed E-state index contributed by atoms with van der Waals surface area (Å²) in [6.45, 7) is 5.95. The van der Waals surface area contributed by atoms with Crippen LogP contribution in [-0.4, -0.2) is 21.5 Å². The smallest absolute Gasteiger partial charge is 0.135 e. The SMILES string of the molecule is CCCNc1ncnc(NCc2nccs2)c1CCC. The summed E-state index contributed by atoms with van der Waals surface area (Å²) in [7, 11) is 0. The van der Waals surface area contributed by atoms with Crippen molar-refractivity contribution in [3.05, 3.63) is 28.5 Å². The third kappa shape index (κ3) is 3.90. The molecule has 20 heavy (non-hydrogen) atoms. The summed E-state index contributed by atoms with van der Waals surface area (Å²) in [4.78, 5) is 13.0. The molecule has 0 fully saturated rings.